The Bertz CT molecular complexity index is 427. The normalized spacial score (nSPS) is 15.6. The van der Waals surface area contributed by atoms with Crippen LogP contribution in [0.15, 0.2) is 18.2 Å². The van der Waals surface area contributed by atoms with Gasteiger partial charge < -0.3 is 20.7 Å². The fourth-order valence-electron chi connectivity index (χ4n) is 2.14. The van der Waals surface area contributed by atoms with Crippen LogP contribution in [0.2, 0.25) is 0 Å². The molecule has 3 atom stereocenters. The molecular weight excluding hydrogens is 246 g/mol. The first-order chi connectivity index (χ1) is 8.88. The highest BCUT2D eigenvalue weighted by Gasteiger charge is 2.25. The molecule has 0 amide bonds. The first-order valence-electron chi connectivity index (χ1n) is 6.22. The largest absolute Gasteiger partial charge is 0.508 e. The van der Waals surface area contributed by atoms with Crippen LogP contribution in [0.3, 0.4) is 0 Å². The van der Waals surface area contributed by atoms with E-state index in [-0.39, 0.29) is 23.3 Å². The Hall–Kier alpha value is -1.75. The highest BCUT2D eigenvalue weighted by atomic mass is 16.5. The lowest BCUT2D eigenvalue weighted by Crippen LogP contribution is -2.34. The molecule has 0 heterocycles. The summed E-state index contributed by atoms with van der Waals surface area (Å²) < 4.78 is 4.58. The number of benzene rings is 1. The third-order valence-electron chi connectivity index (χ3n) is 3.50. The van der Waals surface area contributed by atoms with Crippen LogP contribution in [0.25, 0.3) is 0 Å². The van der Waals surface area contributed by atoms with Gasteiger partial charge in [0.2, 0.25) is 0 Å². The van der Waals surface area contributed by atoms with Gasteiger partial charge in [-0.3, -0.25) is 4.79 Å². The molecule has 0 fully saturated rings. The van der Waals surface area contributed by atoms with Crippen molar-refractivity contribution in [2.24, 2.45) is 11.7 Å². The van der Waals surface area contributed by atoms with Gasteiger partial charge in [-0.1, -0.05) is 19.9 Å². The van der Waals surface area contributed by atoms with Crippen molar-refractivity contribution in [2.45, 2.75) is 32.2 Å². The quantitative estimate of drug-likeness (QED) is 0.706. The number of hydrogen-bond acceptors (Lipinski definition) is 5. The van der Waals surface area contributed by atoms with Gasteiger partial charge in [-0.15, -0.1) is 0 Å². The highest BCUT2D eigenvalue weighted by Crippen LogP contribution is 2.38. The average Bonchev–Trinajstić information content (AvgIpc) is 2.37. The highest BCUT2D eigenvalue weighted by molar-refractivity contribution is 5.75. The molecular formula is C14H21NO4. The van der Waals surface area contributed by atoms with Crippen LogP contribution < -0.4 is 5.73 Å². The Morgan fingerprint density at radius 1 is 1.32 bits per heavy atom. The van der Waals surface area contributed by atoms with Crippen molar-refractivity contribution >= 4 is 5.97 Å². The van der Waals surface area contributed by atoms with E-state index in [1.807, 2.05) is 13.8 Å². The molecule has 0 aliphatic carbocycles. The minimum atomic E-state index is -0.699. The molecule has 1 rings (SSSR count). The molecule has 0 saturated carbocycles. The number of phenols is 2. The number of hydrogen-bond donors (Lipinski definition) is 3. The summed E-state index contributed by atoms with van der Waals surface area (Å²) in [5.74, 6) is -0.484. The molecule has 4 N–H and O–H groups in total. The van der Waals surface area contributed by atoms with E-state index in [2.05, 4.69) is 4.74 Å². The van der Waals surface area contributed by atoms with Crippen molar-refractivity contribution in [3.63, 3.8) is 0 Å². The summed E-state index contributed by atoms with van der Waals surface area (Å²) in [7, 11) is 1.30. The summed E-state index contributed by atoms with van der Waals surface area (Å²) in [6.45, 7) is 3.79. The Morgan fingerprint density at radius 3 is 2.32 bits per heavy atom. The smallest absolute Gasteiger partial charge is 0.322 e. The molecule has 5 heteroatoms. The monoisotopic (exact) mass is 267 g/mol. The van der Waals surface area contributed by atoms with E-state index >= 15 is 0 Å². The van der Waals surface area contributed by atoms with Crippen molar-refractivity contribution in [1.82, 2.24) is 0 Å². The second kappa shape index (κ2) is 6.43. The van der Waals surface area contributed by atoms with Gasteiger partial charge in [-0.2, -0.15) is 0 Å². The fourth-order valence-corrected chi connectivity index (χ4v) is 2.14. The number of nitrogens with two attached hydrogens (primary N) is 1. The van der Waals surface area contributed by atoms with Gasteiger partial charge in [-0.25, -0.2) is 0 Å². The van der Waals surface area contributed by atoms with Crippen LogP contribution in [0, 0.1) is 5.92 Å². The number of esters is 1. The first-order valence-corrected chi connectivity index (χ1v) is 6.22. The van der Waals surface area contributed by atoms with E-state index in [1.54, 1.807) is 6.07 Å². The summed E-state index contributed by atoms with van der Waals surface area (Å²) in [5, 5.41) is 19.6. The minimum Gasteiger partial charge on any atom is -0.508 e. The number of carbonyl (C=O) groups is 1. The summed E-state index contributed by atoms with van der Waals surface area (Å²) in [6.07, 6.45) is 0.418. The van der Waals surface area contributed by atoms with Gasteiger partial charge in [0, 0.05) is 5.56 Å². The lowest BCUT2D eigenvalue weighted by Gasteiger charge is -2.23. The van der Waals surface area contributed by atoms with E-state index in [0.29, 0.717) is 12.0 Å². The molecule has 0 aliphatic rings. The molecule has 0 bridgehead atoms. The first kappa shape index (κ1) is 15.3. The van der Waals surface area contributed by atoms with Crippen LogP contribution >= 0.6 is 0 Å². The molecule has 1 aromatic carbocycles. The standard InChI is InChI=1S/C14H21NO4/c1-8(7-10(15)14(18)19-3)9(2)13-11(16)5-4-6-12(13)17/h4-6,8-10,16-17H,7,15H2,1-3H3. The number of rotatable bonds is 5. The van der Waals surface area contributed by atoms with Gasteiger partial charge in [0.15, 0.2) is 0 Å². The van der Waals surface area contributed by atoms with Crippen molar-refractivity contribution in [2.75, 3.05) is 7.11 Å². The second-order valence-corrected chi connectivity index (χ2v) is 4.84. The molecule has 19 heavy (non-hydrogen) atoms. The predicted octanol–water partition coefficient (Wildman–Crippen LogP) is 1.73. The molecule has 0 radical (unpaired) electrons. The Labute approximate surface area is 113 Å². The lowest BCUT2D eigenvalue weighted by atomic mass is 9.84. The zero-order valence-corrected chi connectivity index (χ0v) is 11.5. The predicted molar refractivity (Wildman–Crippen MR) is 72.0 cm³/mol. The molecule has 5 nitrogen and oxygen atoms in total. The third-order valence-corrected chi connectivity index (χ3v) is 3.50. The number of ether oxygens (including phenoxy) is 1. The topological polar surface area (TPSA) is 92.8 Å². The number of methoxy groups -OCH3 is 1. The van der Waals surface area contributed by atoms with E-state index in [1.165, 1.54) is 19.2 Å². The van der Waals surface area contributed by atoms with E-state index in [9.17, 15) is 15.0 Å². The maximum Gasteiger partial charge on any atom is 0.322 e. The summed E-state index contributed by atoms with van der Waals surface area (Å²) in [6, 6.07) is 3.93. The van der Waals surface area contributed by atoms with Gasteiger partial charge >= 0.3 is 5.97 Å². The molecule has 0 saturated heterocycles. The fraction of sp³-hybridized carbons (Fsp3) is 0.500. The maximum absolute atomic E-state index is 11.3. The molecule has 3 unspecified atom stereocenters. The van der Waals surface area contributed by atoms with Gasteiger partial charge in [0.25, 0.3) is 0 Å². The van der Waals surface area contributed by atoms with Crippen molar-refractivity contribution in [1.29, 1.82) is 0 Å². The molecule has 0 spiro atoms. The van der Waals surface area contributed by atoms with E-state index in [4.69, 9.17) is 5.73 Å². The van der Waals surface area contributed by atoms with Crippen LogP contribution in [0.5, 0.6) is 11.5 Å². The van der Waals surface area contributed by atoms with Crippen LogP contribution in [-0.2, 0) is 9.53 Å². The van der Waals surface area contributed by atoms with Crippen molar-refractivity contribution in [3.8, 4) is 11.5 Å². The SMILES string of the molecule is COC(=O)C(N)CC(C)C(C)c1c(O)cccc1O. The lowest BCUT2D eigenvalue weighted by molar-refractivity contribution is -0.142. The number of carbonyl (C=O) groups excluding carboxylic acids is 1. The van der Waals surface area contributed by atoms with Crippen LogP contribution in [0.4, 0.5) is 0 Å². The zero-order valence-electron chi connectivity index (χ0n) is 11.5. The summed E-state index contributed by atoms with van der Waals surface area (Å²) in [4.78, 5) is 11.3. The van der Waals surface area contributed by atoms with Crippen molar-refractivity contribution < 1.29 is 19.7 Å². The van der Waals surface area contributed by atoms with Crippen molar-refractivity contribution in [3.05, 3.63) is 23.8 Å². The third kappa shape index (κ3) is 3.61. The molecule has 106 valence electrons. The Morgan fingerprint density at radius 2 is 1.84 bits per heavy atom. The molecule has 0 aliphatic heterocycles. The molecule has 1 aromatic rings. The van der Waals surface area contributed by atoms with Gasteiger partial charge in [0.1, 0.15) is 17.5 Å². The van der Waals surface area contributed by atoms with Crippen LogP contribution in [0.1, 0.15) is 31.7 Å². The zero-order chi connectivity index (χ0) is 14.6. The number of phenolic OH excluding ortho intramolecular Hbond substituents is 2. The number of aromatic hydroxyl groups is 2. The minimum absolute atomic E-state index is 0.00769. The van der Waals surface area contributed by atoms with E-state index < -0.39 is 12.0 Å². The average molecular weight is 267 g/mol. The van der Waals surface area contributed by atoms with Gasteiger partial charge in [-0.05, 0) is 30.4 Å². The second-order valence-electron chi connectivity index (χ2n) is 4.84. The molecule has 0 aromatic heterocycles. The van der Waals surface area contributed by atoms with E-state index in [0.717, 1.165) is 0 Å². The maximum atomic E-state index is 11.3. The van der Waals surface area contributed by atoms with Crippen LogP contribution in [-0.4, -0.2) is 29.3 Å². The van der Waals surface area contributed by atoms with Gasteiger partial charge in [0.05, 0.1) is 7.11 Å². The Kier molecular flexibility index (Phi) is 5.18. The Balaban J connectivity index is 2.82. The summed E-state index contributed by atoms with van der Waals surface area (Å²) in [5.41, 5.74) is 6.20. The summed E-state index contributed by atoms with van der Waals surface area (Å²) >= 11 is 0.